The van der Waals surface area contributed by atoms with Gasteiger partial charge < -0.3 is 19.5 Å². The largest absolute Gasteiger partial charge is 0.493 e. The molecule has 0 aromatic heterocycles. The fraction of sp³-hybridized carbons (Fsp3) is 0.625. The molecule has 1 aliphatic heterocycles. The zero-order chi connectivity index (χ0) is 13.8. The molecule has 0 radical (unpaired) electrons. The Morgan fingerprint density at radius 3 is 2.85 bits per heavy atom. The van der Waals surface area contributed by atoms with Crippen molar-refractivity contribution in [3.05, 3.63) is 23.8 Å². The van der Waals surface area contributed by atoms with Crippen molar-refractivity contribution in [1.82, 2.24) is 5.32 Å². The van der Waals surface area contributed by atoms with Crippen molar-refractivity contribution in [1.29, 1.82) is 0 Å². The molecule has 2 fully saturated rings. The molecule has 3 rings (SSSR count). The van der Waals surface area contributed by atoms with E-state index < -0.39 is 0 Å². The van der Waals surface area contributed by atoms with E-state index in [1.165, 1.54) is 18.4 Å². The second-order valence-electron chi connectivity index (χ2n) is 5.59. The van der Waals surface area contributed by atoms with Crippen molar-refractivity contribution in [3.63, 3.8) is 0 Å². The molecule has 1 saturated carbocycles. The molecule has 1 atom stereocenters. The summed E-state index contributed by atoms with van der Waals surface area (Å²) in [5.74, 6) is 1.61. The topological polar surface area (TPSA) is 39.7 Å². The number of hydrogen-bond acceptors (Lipinski definition) is 4. The lowest BCUT2D eigenvalue weighted by atomic mass is 10.2. The van der Waals surface area contributed by atoms with Crippen LogP contribution >= 0.6 is 0 Å². The van der Waals surface area contributed by atoms with Crippen molar-refractivity contribution in [3.8, 4) is 11.5 Å². The Balaban J connectivity index is 1.57. The number of ether oxygens (including phenoxy) is 3. The van der Waals surface area contributed by atoms with E-state index in [-0.39, 0.29) is 6.10 Å². The molecule has 1 aliphatic carbocycles. The zero-order valence-corrected chi connectivity index (χ0v) is 12.1. The fourth-order valence-corrected chi connectivity index (χ4v) is 2.45. The number of nitrogens with one attached hydrogen (secondary N) is 1. The third kappa shape index (κ3) is 3.64. The van der Waals surface area contributed by atoms with E-state index >= 15 is 0 Å². The number of methoxy groups -OCH3 is 1. The van der Waals surface area contributed by atoms with Gasteiger partial charge in [-0.15, -0.1) is 0 Å². The van der Waals surface area contributed by atoms with Crippen molar-refractivity contribution < 1.29 is 14.2 Å². The van der Waals surface area contributed by atoms with Crippen LogP contribution in [0.2, 0.25) is 0 Å². The monoisotopic (exact) mass is 277 g/mol. The second-order valence-corrected chi connectivity index (χ2v) is 5.59. The van der Waals surface area contributed by atoms with E-state index in [1.54, 1.807) is 7.11 Å². The van der Waals surface area contributed by atoms with Crippen LogP contribution in [0.5, 0.6) is 11.5 Å². The van der Waals surface area contributed by atoms with Crippen LogP contribution < -0.4 is 14.8 Å². The molecule has 20 heavy (non-hydrogen) atoms. The summed E-state index contributed by atoms with van der Waals surface area (Å²) >= 11 is 0. The first-order chi connectivity index (χ1) is 9.85. The van der Waals surface area contributed by atoms with Crippen LogP contribution in [-0.2, 0) is 11.3 Å². The molecule has 1 aromatic rings. The van der Waals surface area contributed by atoms with Crippen LogP contribution in [0.1, 0.15) is 31.2 Å². The Morgan fingerprint density at radius 1 is 1.25 bits per heavy atom. The summed E-state index contributed by atoms with van der Waals surface area (Å²) in [5, 5.41) is 3.50. The van der Waals surface area contributed by atoms with Gasteiger partial charge >= 0.3 is 0 Å². The van der Waals surface area contributed by atoms with Gasteiger partial charge in [0.15, 0.2) is 11.5 Å². The van der Waals surface area contributed by atoms with E-state index in [4.69, 9.17) is 14.2 Å². The summed E-state index contributed by atoms with van der Waals surface area (Å²) in [6.45, 7) is 2.36. The van der Waals surface area contributed by atoms with E-state index in [1.807, 2.05) is 6.07 Å². The van der Waals surface area contributed by atoms with Crippen LogP contribution in [-0.4, -0.2) is 32.5 Å². The first-order valence-electron chi connectivity index (χ1n) is 7.50. The van der Waals surface area contributed by atoms with E-state index in [2.05, 4.69) is 17.4 Å². The van der Waals surface area contributed by atoms with Crippen LogP contribution in [0.4, 0.5) is 0 Å². The van der Waals surface area contributed by atoms with E-state index in [9.17, 15) is 0 Å². The Kier molecular flexibility index (Phi) is 4.43. The Labute approximate surface area is 120 Å². The summed E-state index contributed by atoms with van der Waals surface area (Å²) in [6, 6.07) is 6.87. The van der Waals surface area contributed by atoms with Crippen molar-refractivity contribution in [2.45, 2.75) is 44.4 Å². The summed E-state index contributed by atoms with van der Waals surface area (Å²) in [7, 11) is 1.69. The minimum absolute atomic E-state index is 0.232. The third-order valence-electron chi connectivity index (χ3n) is 3.85. The highest BCUT2D eigenvalue weighted by Crippen LogP contribution is 2.29. The molecule has 4 heteroatoms. The van der Waals surface area contributed by atoms with Crippen LogP contribution in [0.25, 0.3) is 0 Å². The number of rotatable bonds is 7. The molecular formula is C16H23NO3. The van der Waals surface area contributed by atoms with Gasteiger partial charge in [-0.05, 0) is 43.4 Å². The molecule has 0 amide bonds. The average Bonchev–Trinajstić information content (AvgIpc) is 3.17. The Morgan fingerprint density at radius 2 is 2.15 bits per heavy atom. The highest BCUT2D eigenvalue weighted by Gasteiger charge is 2.20. The second kappa shape index (κ2) is 6.46. The van der Waals surface area contributed by atoms with Crippen LogP contribution in [0.3, 0.4) is 0 Å². The molecule has 0 spiro atoms. The molecule has 1 N–H and O–H groups in total. The Bertz CT molecular complexity index is 439. The van der Waals surface area contributed by atoms with Crippen molar-refractivity contribution in [2.75, 3.05) is 20.3 Å². The van der Waals surface area contributed by atoms with Gasteiger partial charge in [0.05, 0.1) is 13.2 Å². The van der Waals surface area contributed by atoms with Gasteiger partial charge in [-0.3, -0.25) is 0 Å². The lowest BCUT2D eigenvalue weighted by Gasteiger charge is -2.15. The zero-order valence-electron chi connectivity index (χ0n) is 12.1. The van der Waals surface area contributed by atoms with Crippen molar-refractivity contribution >= 4 is 0 Å². The number of hydrogen-bond donors (Lipinski definition) is 1. The maximum absolute atomic E-state index is 5.83. The summed E-state index contributed by atoms with van der Waals surface area (Å²) < 4.78 is 16.8. The molecular weight excluding hydrogens is 254 g/mol. The maximum Gasteiger partial charge on any atom is 0.161 e. The highest BCUT2D eigenvalue weighted by molar-refractivity contribution is 5.43. The van der Waals surface area contributed by atoms with Gasteiger partial charge in [0.1, 0.15) is 6.61 Å². The van der Waals surface area contributed by atoms with Gasteiger partial charge in [0.2, 0.25) is 0 Å². The lowest BCUT2D eigenvalue weighted by molar-refractivity contribution is 0.0669. The SMILES string of the molecule is COc1cc(CNC2CC2)ccc1OCC1CCCO1. The summed E-state index contributed by atoms with van der Waals surface area (Å²) in [4.78, 5) is 0. The maximum atomic E-state index is 5.83. The predicted octanol–water partition coefficient (Wildman–Crippen LogP) is 2.51. The van der Waals surface area contributed by atoms with Gasteiger partial charge in [0, 0.05) is 19.2 Å². The van der Waals surface area contributed by atoms with Gasteiger partial charge in [-0.25, -0.2) is 0 Å². The molecule has 1 heterocycles. The standard InChI is InChI=1S/C16H23NO3/c1-18-16-9-12(10-17-13-5-6-13)4-7-15(16)20-11-14-3-2-8-19-14/h4,7,9,13-14,17H,2-3,5-6,8,10-11H2,1H3. The first-order valence-corrected chi connectivity index (χ1v) is 7.50. The minimum atomic E-state index is 0.232. The van der Waals surface area contributed by atoms with Gasteiger partial charge in [-0.1, -0.05) is 6.07 Å². The minimum Gasteiger partial charge on any atom is -0.493 e. The molecule has 2 aliphatic rings. The smallest absolute Gasteiger partial charge is 0.161 e. The molecule has 1 aromatic carbocycles. The fourth-order valence-electron chi connectivity index (χ4n) is 2.45. The number of benzene rings is 1. The average molecular weight is 277 g/mol. The van der Waals surface area contributed by atoms with Crippen molar-refractivity contribution in [2.24, 2.45) is 0 Å². The third-order valence-corrected chi connectivity index (χ3v) is 3.85. The molecule has 110 valence electrons. The van der Waals surface area contributed by atoms with E-state index in [0.717, 1.165) is 43.5 Å². The molecule has 0 bridgehead atoms. The summed E-state index contributed by atoms with van der Waals surface area (Å²) in [6.07, 6.45) is 5.07. The molecule has 1 unspecified atom stereocenters. The highest BCUT2D eigenvalue weighted by atomic mass is 16.5. The first kappa shape index (κ1) is 13.7. The molecule has 1 saturated heterocycles. The Hall–Kier alpha value is -1.26. The van der Waals surface area contributed by atoms with Gasteiger partial charge in [-0.2, -0.15) is 0 Å². The van der Waals surface area contributed by atoms with E-state index in [0.29, 0.717) is 6.61 Å². The van der Waals surface area contributed by atoms with Crippen LogP contribution in [0.15, 0.2) is 18.2 Å². The van der Waals surface area contributed by atoms with Crippen LogP contribution in [0, 0.1) is 0 Å². The predicted molar refractivity (Wildman–Crippen MR) is 77.3 cm³/mol. The normalized spacial score (nSPS) is 21.9. The lowest BCUT2D eigenvalue weighted by Crippen LogP contribution is -2.17. The van der Waals surface area contributed by atoms with Gasteiger partial charge in [0.25, 0.3) is 0 Å². The summed E-state index contributed by atoms with van der Waals surface area (Å²) in [5.41, 5.74) is 1.23. The molecule has 4 nitrogen and oxygen atoms in total. The quantitative estimate of drug-likeness (QED) is 0.831.